The van der Waals surface area contributed by atoms with Crippen LogP contribution in [-0.2, 0) is 0 Å². The molecule has 0 unspecified atom stereocenters. The molecule has 2 N–H and O–H groups in total. The number of para-hydroxylation sites is 2. The van der Waals surface area contributed by atoms with Crippen molar-refractivity contribution in [2.75, 3.05) is 5.32 Å². The normalized spacial score (nSPS) is 10.7. The number of benzene rings is 3. The van der Waals surface area contributed by atoms with Crippen LogP contribution >= 0.6 is 35.2 Å². The monoisotopic (exact) mass is 437 g/mol. The minimum atomic E-state index is -0.357. The van der Waals surface area contributed by atoms with Crippen LogP contribution in [0.15, 0.2) is 66.7 Å². The fourth-order valence-electron chi connectivity index (χ4n) is 2.89. The number of aryl methyl sites for hydroxylation is 1. The standard InChI is InChI=1S/C22H16ClN3OS2/c1-13-10-11-14(16(23)12-13)20(27)26-22(28)25-17-7-3-2-6-15(17)21-24-18-8-4-5-9-19(18)29-21/h2-12H,1H3,(H2,25,26,27,28). The smallest absolute Gasteiger partial charge is 0.258 e. The predicted octanol–water partition coefficient (Wildman–Crippen LogP) is 6.05. The second-order valence-corrected chi connectivity index (χ2v) is 8.27. The Hall–Kier alpha value is -2.80. The lowest BCUT2D eigenvalue weighted by Crippen LogP contribution is -2.34. The Bertz CT molecular complexity index is 1200. The summed E-state index contributed by atoms with van der Waals surface area (Å²) in [5, 5.41) is 7.26. The third-order valence-corrected chi connectivity index (χ3v) is 5.88. The number of amides is 1. The summed E-state index contributed by atoms with van der Waals surface area (Å²) in [4.78, 5) is 17.2. The van der Waals surface area contributed by atoms with Crippen LogP contribution in [-0.4, -0.2) is 16.0 Å². The van der Waals surface area contributed by atoms with E-state index in [1.54, 1.807) is 23.5 Å². The Morgan fingerprint density at radius 1 is 1.07 bits per heavy atom. The second kappa shape index (κ2) is 8.29. The van der Waals surface area contributed by atoms with Crippen LogP contribution in [0.2, 0.25) is 5.02 Å². The number of aromatic nitrogens is 1. The first-order valence-corrected chi connectivity index (χ1v) is 10.4. The molecule has 4 aromatic rings. The van der Waals surface area contributed by atoms with Crippen molar-refractivity contribution in [3.8, 4) is 10.6 Å². The maximum Gasteiger partial charge on any atom is 0.258 e. The number of rotatable bonds is 3. The predicted molar refractivity (Wildman–Crippen MR) is 125 cm³/mol. The minimum Gasteiger partial charge on any atom is -0.332 e. The zero-order chi connectivity index (χ0) is 20.4. The van der Waals surface area contributed by atoms with Crippen LogP contribution in [0.1, 0.15) is 15.9 Å². The number of carbonyl (C=O) groups is 1. The number of thiocarbonyl (C=S) groups is 1. The van der Waals surface area contributed by atoms with E-state index < -0.39 is 0 Å². The summed E-state index contributed by atoms with van der Waals surface area (Å²) < 4.78 is 1.11. The molecule has 144 valence electrons. The Balaban J connectivity index is 1.55. The fourth-order valence-corrected chi connectivity index (χ4v) is 4.42. The van der Waals surface area contributed by atoms with Gasteiger partial charge in [0.25, 0.3) is 5.91 Å². The molecular formula is C22H16ClN3OS2. The van der Waals surface area contributed by atoms with Gasteiger partial charge in [0, 0.05) is 5.56 Å². The van der Waals surface area contributed by atoms with Crippen molar-refractivity contribution in [1.29, 1.82) is 0 Å². The van der Waals surface area contributed by atoms with E-state index in [2.05, 4.69) is 10.6 Å². The molecule has 0 aliphatic heterocycles. The van der Waals surface area contributed by atoms with Crippen molar-refractivity contribution in [2.45, 2.75) is 6.92 Å². The highest BCUT2D eigenvalue weighted by molar-refractivity contribution is 7.80. The lowest BCUT2D eigenvalue weighted by molar-refractivity contribution is 0.0978. The average molecular weight is 438 g/mol. The minimum absolute atomic E-state index is 0.195. The molecule has 0 saturated carbocycles. The van der Waals surface area contributed by atoms with Crippen molar-refractivity contribution in [1.82, 2.24) is 10.3 Å². The first-order valence-electron chi connectivity index (χ1n) is 8.85. The largest absolute Gasteiger partial charge is 0.332 e. The van der Waals surface area contributed by atoms with Gasteiger partial charge in [0.2, 0.25) is 0 Å². The fraction of sp³-hybridized carbons (Fsp3) is 0.0455. The number of hydrogen-bond donors (Lipinski definition) is 2. The molecular weight excluding hydrogens is 422 g/mol. The second-order valence-electron chi connectivity index (χ2n) is 6.42. The summed E-state index contributed by atoms with van der Waals surface area (Å²) in [5.74, 6) is -0.357. The third kappa shape index (κ3) is 4.29. The summed E-state index contributed by atoms with van der Waals surface area (Å²) in [7, 11) is 0. The van der Waals surface area contributed by atoms with Crippen LogP contribution in [0.4, 0.5) is 5.69 Å². The van der Waals surface area contributed by atoms with Crippen LogP contribution < -0.4 is 10.6 Å². The van der Waals surface area contributed by atoms with Gasteiger partial charge in [-0.1, -0.05) is 41.9 Å². The number of halogens is 1. The van der Waals surface area contributed by atoms with Gasteiger partial charge in [0.05, 0.1) is 26.5 Å². The van der Waals surface area contributed by atoms with E-state index in [-0.39, 0.29) is 11.0 Å². The average Bonchev–Trinajstić information content (AvgIpc) is 3.12. The lowest BCUT2D eigenvalue weighted by Gasteiger charge is -2.13. The molecule has 3 aromatic carbocycles. The molecule has 4 rings (SSSR count). The van der Waals surface area contributed by atoms with Crippen LogP contribution in [0.5, 0.6) is 0 Å². The van der Waals surface area contributed by atoms with Gasteiger partial charge in [-0.15, -0.1) is 11.3 Å². The quantitative estimate of drug-likeness (QED) is 0.383. The molecule has 1 heterocycles. The molecule has 0 saturated heterocycles. The van der Waals surface area contributed by atoms with Crippen LogP contribution in [0.25, 0.3) is 20.8 Å². The van der Waals surface area contributed by atoms with E-state index in [1.807, 2.05) is 61.5 Å². The van der Waals surface area contributed by atoms with Crippen molar-refractivity contribution in [3.05, 3.63) is 82.9 Å². The lowest BCUT2D eigenvalue weighted by atomic mass is 10.1. The van der Waals surface area contributed by atoms with Gasteiger partial charge in [-0.3, -0.25) is 10.1 Å². The molecule has 0 aliphatic rings. The van der Waals surface area contributed by atoms with E-state index in [0.717, 1.165) is 32.0 Å². The SMILES string of the molecule is Cc1ccc(C(=O)NC(=S)Nc2ccccc2-c2nc3ccccc3s2)c(Cl)c1. The molecule has 0 radical (unpaired) electrons. The summed E-state index contributed by atoms with van der Waals surface area (Å²) in [6, 6.07) is 21.0. The van der Waals surface area contributed by atoms with Gasteiger partial charge in [0.1, 0.15) is 5.01 Å². The highest BCUT2D eigenvalue weighted by Gasteiger charge is 2.14. The maximum atomic E-state index is 12.5. The zero-order valence-corrected chi connectivity index (χ0v) is 17.8. The van der Waals surface area contributed by atoms with E-state index in [4.69, 9.17) is 28.8 Å². The molecule has 7 heteroatoms. The number of anilines is 1. The summed E-state index contributed by atoms with van der Waals surface area (Å²) >= 11 is 13.1. The molecule has 1 aromatic heterocycles. The zero-order valence-electron chi connectivity index (χ0n) is 15.4. The number of hydrogen-bond acceptors (Lipinski definition) is 4. The molecule has 0 spiro atoms. The van der Waals surface area contributed by atoms with Crippen LogP contribution in [0, 0.1) is 6.92 Å². The maximum absolute atomic E-state index is 12.5. The van der Waals surface area contributed by atoms with Crippen LogP contribution in [0.3, 0.4) is 0 Å². The van der Waals surface area contributed by atoms with Gasteiger partial charge in [0.15, 0.2) is 5.11 Å². The number of fused-ring (bicyclic) bond motifs is 1. The first kappa shape index (κ1) is 19.5. The van der Waals surface area contributed by atoms with Crippen molar-refractivity contribution < 1.29 is 4.79 Å². The Morgan fingerprint density at radius 2 is 1.83 bits per heavy atom. The summed E-state index contributed by atoms with van der Waals surface area (Å²) in [6.07, 6.45) is 0. The van der Waals surface area contributed by atoms with Crippen molar-refractivity contribution in [3.63, 3.8) is 0 Å². The van der Waals surface area contributed by atoms with E-state index >= 15 is 0 Å². The third-order valence-electron chi connectivity index (χ3n) is 4.30. The van der Waals surface area contributed by atoms with E-state index in [1.165, 1.54) is 0 Å². The highest BCUT2D eigenvalue weighted by atomic mass is 35.5. The van der Waals surface area contributed by atoms with E-state index in [9.17, 15) is 4.79 Å². The summed E-state index contributed by atoms with van der Waals surface area (Å²) in [6.45, 7) is 1.92. The number of nitrogens with one attached hydrogen (secondary N) is 2. The Labute approximate surface area is 182 Å². The molecule has 0 fully saturated rings. The van der Waals surface area contributed by atoms with Crippen molar-refractivity contribution >= 4 is 62.1 Å². The van der Waals surface area contributed by atoms with Crippen molar-refractivity contribution in [2.24, 2.45) is 0 Å². The van der Waals surface area contributed by atoms with Gasteiger partial charge in [-0.25, -0.2) is 4.98 Å². The highest BCUT2D eigenvalue weighted by Crippen LogP contribution is 2.34. The van der Waals surface area contributed by atoms with Gasteiger partial charge in [-0.2, -0.15) is 0 Å². The molecule has 0 aliphatic carbocycles. The Kier molecular flexibility index (Phi) is 5.58. The molecule has 0 atom stereocenters. The topological polar surface area (TPSA) is 54.0 Å². The van der Waals surface area contributed by atoms with Gasteiger partial charge < -0.3 is 5.32 Å². The Morgan fingerprint density at radius 3 is 2.62 bits per heavy atom. The molecule has 1 amide bonds. The molecule has 0 bridgehead atoms. The molecule has 29 heavy (non-hydrogen) atoms. The molecule has 4 nitrogen and oxygen atoms in total. The number of thiazole rings is 1. The first-order chi connectivity index (χ1) is 14.0. The number of carbonyl (C=O) groups excluding carboxylic acids is 1. The van der Waals surface area contributed by atoms with E-state index in [0.29, 0.717) is 10.6 Å². The van der Waals surface area contributed by atoms with Gasteiger partial charge in [-0.05, 0) is 61.1 Å². The summed E-state index contributed by atoms with van der Waals surface area (Å²) in [5.41, 5.74) is 4.00. The number of nitrogens with zero attached hydrogens (tertiary/aromatic N) is 1. The van der Waals surface area contributed by atoms with Gasteiger partial charge >= 0.3 is 0 Å².